The van der Waals surface area contributed by atoms with Crippen LogP contribution in [0.15, 0.2) is 6.20 Å². The highest BCUT2D eigenvalue weighted by atomic mass is 15.3. The van der Waals surface area contributed by atoms with Gasteiger partial charge in [-0.3, -0.25) is 4.68 Å². The quantitative estimate of drug-likeness (QED) is 0.535. The first-order valence-corrected chi connectivity index (χ1v) is 3.95. The Bertz CT molecular complexity index is 264. The monoisotopic (exact) mass is 151 g/mol. The summed E-state index contributed by atoms with van der Waals surface area (Å²) in [5.41, 5.74) is 2.80. The fourth-order valence-electron chi connectivity index (χ4n) is 1.57. The van der Waals surface area contributed by atoms with Crippen LogP contribution in [-0.4, -0.2) is 28.3 Å². The maximum Gasteiger partial charge on any atom is 0.0553 e. The Hall–Kier alpha value is -0.830. The van der Waals surface area contributed by atoms with Crippen LogP contribution in [0.5, 0.6) is 0 Å². The summed E-state index contributed by atoms with van der Waals surface area (Å²) in [6.45, 7) is 2.21. The molecule has 0 radical (unpaired) electrons. The van der Waals surface area contributed by atoms with Crippen molar-refractivity contribution in [3.05, 3.63) is 17.5 Å². The molecule has 3 heteroatoms. The van der Waals surface area contributed by atoms with Crippen LogP contribution >= 0.6 is 0 Å². The van der Waals surface area contributed by atoms with Gasteiger partial charge in [0, 0.05) is 20.1 Å². The Morgan fingerprint density at radius 3 is 3.09 bits per heavy atom. The van der Waals surface area contributed by atoms with E-state index < -0.39 is 0 Å². The highest BCUT2D eigenvalue weighted by Crippen LogP contribution is 2.15. The lowest BCUT2D eigenvalue weighted by Crippen LogP contribution is -2.27. The van der Waals surface area contributed by atoms with Crippen LogP contribution in [0, 0.1) is 0 Å². The third-order valence-corrected chi connectivity index (χ3v) is 2.33. The van der Waals surface area contributed by atoms with Crippen molar-refractivity contribution in [1.29, 1.82) is 0 Å². The van der Waals surface area contributed by atoms with Gasteiger partial charge in [-0.15, -0.1) is 0 Å². The molecule has 0 bridgehead atoms. The summed E-state index contributed by atoms with van der Waals surface area (Å²) < 4.78 is 1.98. The smallest absolute Gasteiger partial charge is 0.0553 e. The van der Waals surface area contributed by atoms with Crippen molar-refractivity contribution in [2.45, 2.75) is 13.0 Å². The summed E-state index contributed by atoms with van der Waals surface area (Å²) in [5, 5.41) is 4.22. The number of nitrogens with zero attached hydrogens (tertiary/aromatic N) is 3. The number of aromatic nitrogens is 2. The third kappa shape index (κ3) is 1.05. The van der Waals surface area contributed by atoms with Crippen LogP contribution in [0.2, 0.25) is 0 Å². The van der Waals surface area contributed by atoms with Crippen LogP contribution in [-0.2, 0) is 20.0 Å². The summed E-state index contributed by atoms with van der Waals surface area (Å²) in [4.78, 5) is 2.32. The zero-order valence-corrected chi connectivity index (χ0v) is 7.04. The summed E-state index contributed by atoms with van der Waals surface area (Å²) in [6, 6.07) is 0. The highest BCUT2D eigenvalue weighted by Gasteiger charge is 2.15. The normalized spacial score (nSPS) is 18.4. The van der Waals surface area contributed by atoms with Crippen LogP contribution < -0.4 is 0 Å². The van der Waals surface area contributed by atoms with Crippen molar-refractivity contribution in [2.75, 3.05) is 13.6 Å². The fraction of sp³-hybridized carbons (Fsp3) is 0.625. The van der Waals surface area contributed by atoms with Gasteiger partial charge in [0.1, 0.15) is 0 Å². The van der Waals surface area contributed by atoms with E-state index in [2.05, 4.69) is 17.0 Å². The minimum Gasteiger partial charge on any atom is -0.300 e. The lowest BCUT2D eigenvalue weighted by molar-refractivity contribution is 0.303. The molecule has 0 aliphatic carbocycles. The standard InChI is InChI=1S/C8H13N3/c1-10-4-3-7-5-9-11(2)8(7)6-10/h5H,3-4,6H2,1-2H3. The first-order chi connectivity index (χ1) is 5.27. The zero-order valence-electron chi connectivity index (χ0n) is 7.04. The van der Waals surface area contributed by atoms with Gasteiger partial charge in [-0.05, 0) is 19.0 Å². The molecule has 0 spiro atoms. The van der Waals surface area contributed by atoms with Crippen LogP contribution in [0.1, 0.15) is 11.3 Å². The molecule has 0 atom stereocenters. The van der Waals surface area contributed by atoms with Gasteiger partial charge in [0.2, 0.25) is 0 Å². The maximum absolute atomic E-state index is 4.22. The van der Waals surface area contributed by atoms with Gasteiger partial charge >= 0.3 is 0 Å². The first-order valence-electron chi connectivity index (χ1n) is 3.95. The second-order valence-corrected chi connectivity index (χ2v) is 3.23. The summed E-state index contributed by atoms with van der Waals surface area (Å²) in [7, 11) is 4.16. The van der Waals surface area contributed by atoms with E-state index in [1.165, 1.54) is 17.8 Å². The van der Waals surface area contributed by atoms with Gasteiger partial charge in [-0.1, -0.05) is 0 Å². The second-order valence-electron chi connectivity index (χ2n) is 3.23. The predicted octanol–water partition coefficient (Wildman–Crippen LogP) is 0.408. The van der Waals surface area contributed by atoms with Crippen molar-refractivity contribution in [3.63, 3.8) is 0 Å². The Morgan fingerprint density at radius 1 is 1.45 bits per heavy atom. The Morgan fingerprint density at radius 2 is 2.27 bits per heavy atom. The molecule has 2 heterocycles. The SMILES string of the molecule is CN1CCc2cnn(C)c2C1. The molecule has 1 aliphatic rings. The number of hydrogen-bond donors (Lipinski definition) is 0. The fourth-order valence-corrected chi connectivity index (χ4v) is 1.57. The van der Waals surface area contributed by atoms with E-state index in [9.17, 15) is 0 Å². The molecule has 0 N–H and O–H groups in total. The topological polar surface area (TPSA) is 21.1 Å². The van der Waals surface area contributed by atoms with E-state index in [0.717, 1.165) is 13.0 Å². The minimum atomic E-state index is 1.05. The van der Waals surface area contributed by atoms with E-state index >= 15 is 0 Å². The summed E-state index contributed by atoms with van der Waals surface area (Å²) in [5.74, 6) is 0. The molecule has 11 heavy (non-hydrogen) atoms. The highest BCUT2D eigenvalue weighted by molar-refractivity contribution is 5.20. The molecule has 2 rings (SSSR count). The second kappa shape index (κ2) is 2.34. The third-order valence-electron chi connectivity index (χ3n) is 2.33. The predicted molar refractivity (Wildman–Crippen MR) is 43.2 cm³/mol. The lowest BCUT2D eigenvalue weighted by atomic mass is 10.1. The summed E-state index contributed by atoms with van der Waals surface area (Å²) in [6.07, 6.45) is 3.14. The molecule has 1 aliphatic heterocycles. The van der Waals surface area contributed by atoms with E-state index in [0.29, 0.717) is 0 Å². The van der Waals surface area contributed by atoms with E-state index in [4.69, 9.17) is 0 Å². The number of rotatable bonds is 0. The van der Waals surface area contributed by atoms with Crippen LogP contribution in [0.4, 0.5) is 0 Å². The number of aryl methyl sites for hydroxylation is 1. The average molecular weight is 151 g/mol. The van der Waals surface area contributed by atoms with Gasteiger partial charge in [0.05, 0.1) is 11.9 Å². The van der Waals surface area contributed by atoms with Crippen molar-refractivity contribution in [2.24, 2.45) is 7.05 Å². The van der Waals surface area contributed by atoms with Gasteiger partial charge in [0.15, 0.2) is 0 Å². The van der Waals surface area contributed by atoms with Crippen molar-refractivity contribution >= 4 is 0 Å². The zero-order chi connectivity index (χ0) is 7.84. The average Bonchev–Trinajstić information content (AvgIpc) is 2.33. The maximum atomic E-state index is 4.22. The lowest BCUT2D eigenvalue weighted by Gasteiger charge is -2.22. The van der Waals surface area contributed by atoms with E-state index in [-0.39, 0.29) is 0 Å². The Kier molecular flexibility index (Phi) is 1.46. The first kappa shape index (κ1) is 6.85. The van der Waals surface area contributed by atoms with Crippen molar-refractivity contribution in [1.82, 2.24) is 14.7 Å². The van der Waals surface area contributed by atoms with E-state index in [1.807, 2.05) is 17.9 Å². The van der Waals surface area contributed by atoms with Gasteiger partial charge in [-0.25, -0.2) is 0 Å². The minimum absolute atomic E-state index is 1.05. The molecule has 0 unspecified atom stereocenters. The molecule has 0 saturated heterocycles. The van der Waals surface area contributed by atoms with Gasteiger partial charge < -0.3 is 4.90 Å². The van der Waals surface area contributed by atoms with E-state index in [1.54, 1.807) is 0 Å². The Labute approximate surface area is 66.6 Å². The van der Waals surface area contributed by atoms with Crippen LogP contribution in [0.3, 0.4) is 0 Å². The number of fused-ring (bicyclic) bond motifs is 1. The molecule has 60 valence electrons. The molecule has 0 aromatic carbocycles. The molecule has 0 amide bonds. The van der Waals surface area contributed by atoms with Crippen molar-refractivity contribution < 1.29 is 0 Å². The molecule has 3 nitrogen and oxygen atoms in total. The number of hydrogen-bond acceptors (Lipinski definition) is 2. The molecular weight excluding hydrogens is 138 g/mol. The van der Waals surface area contributed by atoms with Crippen molar-refractivity contribution in [3.8, 4) is 0 Å². The molecular formula is C8H13N3. The van der Waals surface area contributed by atoms with Gasteiger partial charge in [0.25, 0.3) is 0 Å². The Balaban J connectivity index is 2.37. The molecule has 0 saturated carbocycles. The molecule has 1 aromatic heterocycles. The van der Waals surface area contributed by atoms with Gasteiger partial charge in [-0.2, -0.15) is 5.10 Å². The number of likely N-dealkylation sites (N-methyl/N-ethyl adjacent to an activating group) is 1. The summed E-state index contributed by atoms with van der Waals surface area (Å²) >= 11 is 0. The van der Waals surface area contributed by atoms with Crippen LogP contribution in [0.25, 0.3) is 0 Å². The molecule has 0 fully saturated rings. The molecule has 1 aromatic rings. The largest absolute Gasteiger partial charge is 0.300 e.